The van der Waals surface area contributed by atoms with Crippen molar-refractivity contribution in [1.82, 2.24) is 0 Å². The highest BCUT2D eigenvalue weighted by Crippen LogP contribution is 2.14. The minimum Gasteiger partial charge on any atom is -0.298 e. The van der Waals surface area contributed by atoms with Gasteiger partial charge in [0.25, 0.3) is 0 Å². The minimum atomic E-state index is 0.405. The summed E-state index contributed by atoms with van der Waals surface area (Å²) in [5.41, 5.74) is 0.736. The number of hydrogen-bond acceptors (Lipinski definition) is 1. The molecule has 0 aliphatic rings. The van der Waals surface area contributed by atoms with Crippen LogP contribution in [0.2, 0.25) is 0 Å². The van der Waals surface area contributed by atoms with Gasteiger partial charge in [-0.2, -0.15) is 0 Å². The van der Waals surface area contributed by atoms with E-state index < -0.39 is 0 Å². The largest absolute Gasteiger partial charge is 0.298 e. The fourth-order valence-corrected chi connectivity index (χ4v) is 0.909. The Morgan fingerprint density at radius 3 is 2.11 bits per heavy atom. The van der Waals surface area contributed by atoms with Gasteiger partial charge in [0.1, 0.15) is 6.29 Å². The molecule has 0 atom stereocenters. The molecule has 0 aliphatic heterocycles. The van der Waals surface area contributed by atoms with Crippen LogP contribution in [0.15, 0.2) is 12.2 Å². The van der Waals surface area contributed by atoms with E-state index in [9.17, 15) is 4.79 Å². The van der Waals surface area contributed by atoms with Crippen LogP contribution >= 0.6 is 0 Å². The molecular weight excluding hydrogens is 112 g/mol. The second-order valence-electron chi connectivity index (χ2n) is 2.21. The Kier molecular flexibility index (Phi) is 4.02. The van der Waals surface area contributed by atoms with E-state index in [-0.39, 0.29) is 0 Å². The van der Waals surface area contributed by atoms with Crippen LogP contribution in [0.3, 0.4) is 0 Å². The lowest BCUT2D eigenvalue weighted by molar-refractivity contribution is -0.105. The highest BCUT2D eigenvalue weighted by molar-refractivity contribution is 5.72. The van der Waals surface area contributed by atoms with Crippen molar-refractivity contribution in [3.05, 3.63) is 12.2 Å². The molecule has 0 saturated heterocycles. The Morgan fingerprint density at radius 2 is 2.00 bits per heavy atom. The smallest absolute Gasteiger partial charge is 0.145 e. The number of hydrogen-bond donors (Lipinski definition) is 0. The number of carbonyl (C=O) groups excluding carboxylic acids is 1. The van der Waals surface area contributed by atoms with Crippen LogP contribution in [0.25, 0.3) is 0 Å². The third-order valence-corrected chi connectivity index (χ3v) is 1.66. The van der Waals surface area contributed by atoms with Crippen LogP contribution in [0.1, 0.15) is 26.7 Å². The summed E-state index contributed by atoms with van der Waals surface area (Å²) in [7, 11) is 0. The second-order valence-corrected chi connectivity index (χ2v) is 2.21. The molecule has 0 heterocycles. The minimum absolute atomic E-state index is 0.405. The van der Waals surface area contributed by atoms with Crippen molar-refractivity contribution in [3.63, 3.8) is 0 Å². The number of carbonyl (C=O) groups is 1. The molecule has 1 nitrogen and oxygen atoms in total. The lowest BCUT2D eigenvalue weighted by atomic mass is 9.96. The van der Waals surface area contributed by atoms with Gasteiger partial charge < -0.3 is 0 Å². The standard InChI is InChI=1S/C8H14O/c1-4-8(5-2)7(3)6-9/h6,8H,3-5H2,1-2H3. The molecule has 0 saturated carbocycles. The normalized spacial score (nSPS) is 9.67. The Hall–Kier alpha value is -0.590. The SMILES string of the molecule is C=C(C=O)C(CC)CC. The molecule has 0 aliphatic carbocycles. The second kappa shape index (κ2) is 4.30. The fraction of sp³-hybridized carbons (Fsp3) is 0.625. The fourth-order valence-electron chi connectivity index (χ4n) is 0.909. The summed E-state index contributed by atoms with van der Waals surface area (Å²) in [6.45, 7) is 7.79. The highest BCUT2D eigenvalue weighted by atomic mass is 16.1. The van der Waals surface area contributed by atoms with Crippen LogP contribution in [0.4, 0.5) is 0 Å². The van der Waals surface area contributed by atoms with E-state index in [1.807, 2.05) is 0 Å². The first kappa shape index (κ1) is 8.41. The van der Waals surface area contributed by atoms with Gasteiger partial charge in [-0.3, -0.25) is 4.79 Å². The number of rotatable bonds is 4. The van der Waals surface area contributed by atoms with Gasteiger partial charge in [-0.25, -0.2) is 0 Å². The molecule has 0 aromatic rings. The zero-order valence-corrected chi connectivity index (χ0v) is 6.18. The summed E-state index contributed by atoms with van der Waals surface area (Å²) in [5.74, 6) is 0.405. The van der Waals surface area contributed by atoms with E-state index in [1.54, 1.807) is 0 Å². The van der Waals surface area contributed by atoms with Gasteiger partial charge >= 0.3 is 0 Å². The van der Waals surface area contributed by atoms with Crippen molar-refractivity contribution in [3.8, 4) is 0 Å². The van der Waals surface area contributed by atoms with Gasteiger partial charge in [0, 0.05) is 0 Å². The van der Waals surface area contributed by atoms with E-state index in [0.717, 1.165) is 24.7 Å². The van der Waals surface area contributed by atoms with Gasteiger partial charge in [-0.15, -0.1) is 0 Å². The molecule has 0 aromatic carbocycles. The van der Waals surface area contributed by atoms with Crippen molar-refractivity contribution in [2.45, 2.75) is 26.7 Å². The van der Waals surface area contributed by atoms with Crippen molar-refractivity contribution < 1.29 is 4.79 Å². The van der Waals surface area contributed by atoms with Gasteiger partial charge in [-0.1, -0.05) is 20.4 Å². The van der Waals surface area contributed by atoms with E-state index >= 15 is 0 Å². The predicted molar refractivity (Wildman–Crippen MR) is 39.3 cm³/mol. The third kappa shape index (κ3) is 2.45. The summed E-state index contributed by atoms with van der Waals surface area (Å²) in [6, 6.07) is 0. The van der Waals surface area contributed by atoms with Crippen molar-refractivity contribution in [1.29, 1.82) is 0 Å². The molecular formula is C8H14O. The van der Waals surface area contributed by atoms with E-state index in [4.69, 9.17) is 0 Å². The summed E-state index contributed by atoms with van der Waals surface area (Å²) in [4.78, 5) is 10.2. The molecule has 0 rings (SSSR count). The zero-order valence-electron chi connectivity index (χ0n) is 6.18. The summed E-state index contributed by atoms with van der Waals surface area (Å²) >= 11 is 0. The Morgan fingerprint density at radius 1 is 1.56 bits per heavy atom. The van der Waals surface area contributed by atoms with Crippen molar-refractivity contribution in [2.24, 2.45) is 5.92 Å². The first-order valence-corrected chi connectivity index (χ1v) is 3.40. The van der Waals surface area contributed by atoms with E-state index in [0.29, 0.717) is 5.92 Å². The monoisotopic (exact) mass is 126 g/mol. The lowest BCUT2D eigenvalue weighted by Gasteiger charge is -2.08. The molecule has 0 aromatic heterocycles. The molecule has 0 fully saturated rings. The van der Waals surface area contributed by atoms with Crippen molar-refractivity contribution >= 4 is 6.29 Å². The van der Waals surface area contributed by atoms with Crippen molar-refractivity contribution in [2.75, 3.05) is 0 Å². The first-order chi connectivity index (χ1) is 4.26. The van der Waals surface area contributed by atoms with E-state index in [1.165, 1.54) is 0 Å². The summed E-state index contributed by atoms with van der Waals surface area (Å²) in [5, 5.41) is 0. The summed E-state index contributed by atoms with van der Waals surface area (Å²) < 4.78 is 0. The van der Waals surface area contributed by atoms with Crippen LogP contribution in [-0.2, 0) is 4.79 Å². The zero-order chi connectivity index (χ0) is 7.28. The molecule has 0 bridgehead atoms. The van der Waals surface area contributed by atoms with E-state index in [2.05, 4.69) is 20.4 Å². The molecule has 0 spiro atoms. The quantitative estimate of drug-likeness (QED) is 0.417. The Bertz CT molecular complexity index is 101. The molecule has 52 valence electrons. The highest BCUT2D eigenvalue weighted by Gasteiger charge is 2.04. The average Bonchev–Trinajstić information content (AvgIpc) is 1.90. The molecule has 0 radical (unpaired) electrons. The first-order valence-electron chi connectivity index (χ1n) is 3.40. The molecule has 0 unspecified atom stereocenters. The van der Waals surface area contributed by atoms with Crippen LogP contribution in [0, 0.1) is 5.92 Å². The predicted octanol–water partition coefficient (Wildman–Crippen LogP) is 2.18. The average molecular weight is 126 g/mol. The third-order valence-electron chi connectivity index (χ3n) is 1.66. The number of allylic oxidation sites excluding steroid dienone is 1. The Labute approximate surface area is 56.8 Å². The van der Waals surface area contributed by atoms with Crippen LogP contribution < -0.4 is 0 Å². The molecule has 0 N–H and O–H groups in total. The number of aldehydes is 1. The van der Waals surface area contributed by atoms with Gasteiger partial charge in [0.2, 0.25) is 0 Å². The molecule has 9 heavy (non-hydrogen) atoms. The van der Waals surface area contributed by atoms with Gasteiger partial charge in [-0.05, 0) is 24.3 Å². The van der Waals surface area contributed by atoms with Gasteiger partial charge in [0.15, 0.2) is 0 Å². The Balaban J connectivity index is 3.78. The van der Waals surface area contributed by atoms with Crippen LogP contribution in [-0.4, -0.2) is 6.29 Å². The van der Waals surface area contributed by atoms with Gasteiger partial charge in [0.05, 0.1) is 0 Å². The maximum absolute atomic E-state index is 10.2. The van der Waals surface area contributed by atoms with Crippen LogP contribution in [0.5, 0.6) is 0 Å². The topological polar surface area (TPSA) is 17.1 Å². The summed E-state index contributed by atoms with van der Waals surface area (Å²) in [6.07, 6.45) is 2.90. The molecule has 1 heteroatoms. The lowest BCUT2D eigenvalue weighted by Crippen LogP contribution is -2.00. The maximum Gasteiger partial charge on any atom is 0.145 e. The molecule has 0 amide bonds. The maximum atomic E-state index is 10.2.